The van der Waals surface area contributed by atoms with Gasteiger partial charge >= 0.3 is 0 Å². The maximum atomic E-state index is 9.60. The Morgan fingerprint density at radius 2 is 1.94 bits per heavy atom. The normalized spacial score (nSPS) is 27.9. The summed E-state index contributed by atoms with van der Waals surface area (Å²) >= 11 is 0. The maximum absolute atomic E-state index is 9.60. The summed E-state index contributed by atoms with van der Waals surface area (Å²) in [6.07, 6.45) is 1.06. The average molecular weight is 220 g/mol. The quantitative estimate of drug-likeness (QED) is 0.848. The second-order valence-corrected chi connectivity index (χ2v) is 5.06. The van der Waals surface area contributed by atoms with Crippen LogP contribution in [0.25, 0.3) is 0 Å². The van der Waals surface area contributed by atoms with Gasteiger partial charge in [0.05, 0.1) is 13.7 Å². The Balaban J connectivity index is 2.52. The van der Waals surface area contributed by atoms with E-state index < -0.39 is 0 Å². The smallest absolute Gasteiger partial charge is 0.122 e. The number of methoxy groups -OCH3 is 1. The Hall–Kier alpha value is -1.02. The van der Waals surface area contributed by atoms with Crippen molar-refractivity contribution in [1.82, 2.24) is 0 Å². The minimum Gasteiger partial charge on any atom is -0.496 e. The molecule has 1 aliphatic rings. The summed E-state index contributed by atoms with van der Waals surface area (Å²) in [5, 5.41) is 9.60. The molecule has 88 valence electrons. The number of benzene rings is 1. The number of aryl methyl sites for hydroxylation is 2. The van der Waals surface area contributed by atoms with Crippen LogP contribution in [0.15, 0.2) is 12.1 Å². The summed E-state index contributed by atoms with van der Waals surface area (Å²) in [5.41, 5.74) is 3.63. The molecular formula is C14H20O2. The van der Waals surface area contributed by atoms with Crippen molar-refractivity contribution in [2.24, 2.45) is 5.92 Å². The standard InChI is InChI=1S/C14H20O2/c1-9-5-12(13(16-4)6-10(9)2)14(8-15)7-11(14)3/h5-6,11,15H,7-8H2,1-4H3. The highest BCUT2D eigenvalue weighted by Gasteiger charge is 2.53. The van der Waals surface area contributed by atoms with Crippen LogP contribution in [-0.4, -0.2) is 18.8 Å². The lowest BCUT2D eigenvalue weighted by Gasteiger charge is -2.19. The van der Waals surface area contributed by atoms with Gasteiger partial charge in [-0.15, -0.1) is 0 Å². The Kier molecular flexibility index (Phi) is 2.70. The number of rotatable bonds is 3. The molecule has 16 heavy (non-hydrogen) atoms. The van der Waals surface area contributed by atoms with Gasteiger partial charge in [-0.05, 0) is 43.4 Å². The predicted molar refractivity (Wildman–Crippen MR) is 65.0 cm³/mol. The molecule has 1 fully saturated rings. The summed E-state index contributed by atoms with van der Waals surface area (Å²) in [4.78, 5) is 0. The van der Waals surface area contributed by atoms with Gasteiger partial charge in [0.25, 0.3) is 0 Å². The van der Waals surface area contributed by atoms with E-state index in [4.69, 9.17) is 4.74 Å². The van der Waals surface area contributed by atoms with Crippen LogP contribution in [0.2, 0.25) is 0 Å². The fourth-order valence-electron chi connectivity index (χ4n) is 2.52. The van der Waals surface area contributed by atoms with Crippen LogP contribution in [-0.2, 0) is 5.41 Å². The van der Waals surface area contributed by atoms with Crippen LogP contribution in [0.3, 0.4) is 0 Å². The Morgan fingerprint density at radius 3 is 2.38 bits per heavy atom. The molecule has 1 saturated carbocycles. The van der Waals surface area contributed by atoms with Gasteiger partial charge in [0, 0.05) is 11.0 Å². The zero-order chi connectivity index (χ0) is 11.9. The average Bonchev–Trinajstić information content (AvgIpc) is 2.94. The van der Waals surface area contributed by atoms with E-state index in [1.165, 1.54) is 16.7 Å². The number of aliphatic hydroxyl groups is 1. The molecule has 2 rings (SSSR count). The first-order valence-electron chi connectivity index (χ1n) is 5.81. The maximum Gasteiger partial charge on any atom is 0.122 e. The second-order valence-electron chi connectivity index (χ2n) is 5.06. The van der Waals surface area contributed by atoms with E-state index in [-0.39, 0.29) is 12.0 Å². The Labute approximate surface area is 97.3 Å². The van der Waals surface area contributed by atoms with Gasteiger partial charge in [-0.3, -0.25) is 0 Å². The SMILES string of the molecule is COc1cc(C)c(C)cc1C1(CO)CC1C. The molecule has 1 aromatic carbocycles. The highest BCUT2D eigenvalue weighted by atomic mass is 16.5. The van der Waals surface area contributed by atoms with Crippen molar-refractivity contribution in [3.05, 3.63) is 28.8 Å². The molecule has 0 amide bonds. The lowest BCUT2D eigenvalue weighted by Crippen LogP contribution is -2.16. The Bertz CT molecular complexity index is 407. The minimum absolute atomic E-state index is 0.0518. The van der Waals surface area contributed by atoms with Crippen molar-refractivity contribution in [2.45, 2.75) is 32.6 Å². The van der Waals surface area contributed by atoms with Crippen molar-refractivity contribution < 1.29 is 9.84 Å². The fraction of sp³-hybridized carbons (Fsp3) is 0.571. The monoisotopic (exact) mass is 220 g/mol. The van der Waals surface area contributed by atoms with Gasteiger partial charge in [-0.25, -0.2) is 0 Å². The summed E-state index contributed by atoms with van der Waals surface area (Å²) in [6.45, 7) is 6.60. The molecular weight excluding hydrogens is 200 g/mol. The molecule has 1 aliphatic carbocycles. The minimum atomic E-state index is -0.0518. The molecule has 0 heterocycles. The van der Waals surface area contributed by atoms with Gasteiger partial charge in [-0.1, -0.05) is 13.0 Å². The largest absolute Gasteiger partial charge is 0.496 e. The summed E-state index contributed by atoms with van der Waals surface area (Å²) in [6, 6.07) is 4.25. The highest BCUT2D eigenvalue weighted by molar-refractivity contribution is 5.49. The van der Waals surface area contributed by atoms with E-state index in [0.29, 0.717) is 5.92 Å². The fourth-order valence-corrected chi connectivity index (χ4v) is 2.52. The molecule has 1 N–H and O–H groups in total. The van der Waals surface area contributed by atoms with E-state index in [1.54, 1.807) is 7.11 Å². The molecule has 0 spiro atoms. The zero-order valence-corrected chi connectivity index (χ0v) is 10.5. The molecule has 0 aliphatic heterocycles. The van der Waals surface area contributed by atoms with Gasteiger partial charge in [-0.2, -0.15) is 0 Å². The van der Waals surface area contributed by atoms with Gasteiger partial charge in [0.15, 0.2) is 0 Å². The number of hydrogen-bond donors (Lipinski definition) is 1. The zero-order valence-electron chi connectivity index (χ0n) is 10.5. The van der Waals surface area contributed by atoms with Crippen molar-refractivity contribution >= 4 is 0 Å². The molecule has 2 unspecified atom stereocenters. The van der Waals surface area contributed by atoms with Crippen molar-refractivity contribution in [3.63, 3.8) is 0 Å². The number of aliphatic hydroxyl groups excluding tert-OH is 1. The Morgan fingerprint density at radius 1 is 1.38 bits per heavy atom. The first-order valence-corrected chi connectivity index (χ1v) is 5.81. The predicted octanol–water partition coefficient (Wildman–Crippen LogP) is 2.58. The van der Waals surface area contributed by atoms with Crippen LogP contribution < -0.4 is 4.74 Å². The van der Waals surface area contributed by atoms with E-state index in [0.717, 1.165) is 12.2 Å². The molecule has 0 bridgehead atoms. The third-order valence-corrected chi connectivity index (χ3v) is 4.09. The van der Waals surface area contributed by atoms with Crippen molar-refractivity contribution in [2.75, 3.05) is 13.7 Å². The highest BCUT2D eigenvalue weighted by Crippen LogP contribution is 2.56. The van der Waals surface area contributed by atoms with Crippen LogP contribution in [0.1, 0.15) is 30.0 Å². The summed E-state index contributed by atoms with van der Waals surface area (Å²) in [5.74, 6) is 1.47. The molecule has 2 atom stereocenters. The van der Waals surface area contributed by atoms with E-state index in [1.807, 2.05) is 0 Å². The third-order valence-electron chi connectivity index (χ3n) is 4.09. The van der Waals surface area contributed by atoms with Crippen LogP contribution in [0.5, 0.6) is 5.75 Å². The van der Waals surface area contributed by atoms with Crippen LogP contribution in [0, 0.1) is 19.8 Å². The summed E-state index contributed by atoms with van der Waals surface area (Å²) in [7, 11) is 1.70. The molecule has 0 aromatic heterocycles. The van der Waals surface area contributed by atoms with Crippen LogP contribution >= 0.6 is 0 Å². The molecule has 2 heteroatoms. The second kappa shape index (κ2) is 3.77. The van der Waals surface area contributed by atoms with E-state index >= 15 is 0 Å². The van der Waals surface area contributed by atoms with Gasteiger partial charge in [0.1, 0.15) is 5.75 Å². The molecule has 1 aromatic rings. The lowest BCUT2D eigenvalue weighted by molar-refractivity contribution is 0.243. The van der Waals surface area contributed by atoms with Gasteiger partial charge < -0.3 is 9.84 Å². The number of ether oxygens (including phenoxy) is 1. The summed E-state index contributed by atoms with van der Waals surface area (Å²) < 4.78 is 5.45. The van der Waals surface area contributed by atoms with Crippen molar-refractivity contribution in [3.8, 4) is 5.75 Å². The lowest BCUT2D eigenvalue weighted by atomic mass is 9.90. The van der Waals surface area contributed by atoms with Crippen molar-refractivity contribution in [1.29, 1.82) is 0 Å². The van der Waals surface area contributed by atoms with E-state index in [2.05, 4.69) is 32.9 Å². The first kappa shape index (κ1) is 11.5. The third kappa shape index (κ3) is 1.52. The first-order chi connectivity index (χ1) is 7.55. The van der Waals surface area contributed by atoms with Gasteiger partial charge in [0.2, 0.25) is 0 Å². The topological polar surface area (TPSA) is 29.5 Å². The molecule has 0 saturated heterocycles. The molecule has 2 nitrogen and oxygen atoms in total. The molecule has 0 radical (unpaired) electrons. The van der Waals surface area contributed by atoms with E-state index in [9.17, 15) is 5.11 Å². The van der Waals surface area contributed by atoms with Crippen LogP contribution in [0.4, 0.5) is 0 Å². The number of hydrogen-bond acceptors (Lipinski definition) is 2.